The maximum Gasteiger partial charge on any atom is 0.273 e. The van der Waals surface area contributed by atoms with Crippen molar-refractivity contribution in [3.8, 4) is 11.5 Å². The van der Waals surface area contributed by atoms with Crippen LogP contribution in [0.4, 0.5) is 0 Å². The molecule has 8 heteroatoms. The van der Waals surface area contributed by atoms with Crippen LogP contribution in [0.25, 0.3) is 0 Å². The number of rotatable bonds is 3. The average Bonchev–Trinajstić information content (AvgIpc) is 2.54. The Balaban J connectivity index is 2.06. The van der Waals surface area contributed by atoms with E-state index in [-0.39, 0.29) is 22.6 Å². The molecule has 0 aliphatic heterocycles. The third kappa shape index (κ3) is 4.14. The van der Waals surface area contributed by atoms with E-state index < -0.39 is 11.8 Å². The van der Waals surface area contributed by atoms with Crippen LogP contribution in [0.3, 0.4) is 0 Å². The highest BCUT2D eigenvalue weighted by molar-refractivity contribution is 9.10. The number of aromatic hydroxyl groups is 1. The fourth-order valence-electron chi connectivity index (χ4n) is 1.76. The van der Waals surface area contributed by atoms with E-state index >= 15 is 0 Å². The highest BCUT2D eigenvalue weighted by Crippen LogP contribution is 2.24. The summed E-state index contributed by atoms with van der Waals surface area (Å²) in [4.78, 5) is 24.0. The van der Waals surface area contributed by atoms with Crippen molar-refractivity contribution in [3.63, 3.8) is 0 Å². The quantitative estimate of drug-likeness (QED) is 0.693. The number of carbonyl (C=O) groups is 2. The van der Waals surface area contributed by atoms with Gasteiger partial charge >= 0.3 is 0 Å². The molecule has 0 aliphatic rings. The van der Waals surface area contributed by atoms with Gasteiger partial charge in [-0.25, -0.2) is 0 Å². The summed E-state index contributed by atoms with van der Waals surface area (Å²) in [5.74, 6) is -0.934. The largest absolute Gasteiger partial charge is 0.507 e. The summed E-state index contributed by atoms with van der Waals surface area (Å²) >= 11 is 8.94. The van der Waals surface area contributed by atoms with Crippen LogP contribution in [-0.4, -0.2) is 24.0 Å². The number of carbonyl (C=O) groups excluding carboxylic acids is 2. The average molecular weight is 400 g/mol. The number of hydrogen-bond donors (Lipinski definition) is 3. The van der Waals surface area contributed by atoms with Crippen LogP contribution in [0.2, 0.25) is 5.02 Å². The lowest BCUT2D eigenvalue weighted by molar-refractivity contribution is 0.0845. The zero-order valence-corrected chi connectivity index (χ0v) is 14.2. The van der Waals surface area contributed by atoms with E-state index in [4.69, 9.17) is 16.3 Å². The molecule has 0 fully saturated rings. The third-order valence-corrected chi connectivity index (χ3v) is 3.81. The Hall–Kier alpha value is -2.25. The van der Waals surface area contributed by atoms with Gasteiger partial charge in [0.2, 0.25) is 0 Å². The van der Waals surface area contributed by atoms with E-state index in [9.17, 15) is 14.7 Å². The Morgan fingerprint density at radius 1 is 1.13 bits per heavy atom. The number of amides is 2. The van der Waals surface area contributed by atoms with Crippen molar-refractivity contribution in [2.75, 3.05) is 7.11 Å². The van der Waals surface area contributed by atoms with E-state index in [0.717, 1.165) is 0 Å². The minimum atomic E-state index is -0.575. The molecule has 0 aliphatic carbocycles. The molecule has 0 atom stereocenters. The number of hydrogen-bond acceptors (Lipinski definition) is 4. The maximum atomic E-state index is 12.1. The number of methoxy groups -OCH3 is 1. The van der Waals surface area contributed by atoms with Crippen LogP contribution in [0.15, 0.2) is 40.9 Å². The number of phenols is 1. The lowest BCUT2D eigenvalue weighted by Crippen LogP contribution is -2.41. The minimum absolute atomic E-state index is 0.0802. The minimum Gasteiger partial charge on any atom is -0.507 e. The Morgan fingerprint density at radius 2 is 1.83 bits per heavy atom. The zero-order chi connectivity index (χ0) is 17.0. The van der Waals surface area contributed by atoms with Gasteiger partial charge in [-0.2, -0.15) is 0 Å². The first-order valence-electron chi connectivity index (χ1n) is 6.35. The summed E-state index contributed by atoms with van der Waals surface area (Å²) in [5, 5.41) is 9.98. The van der Waals surface area contributed by atoms with Crippen LogP contribution in [0.5, 0.6) is 11.5 Å². The number of hydrazine groups is 1. The second kappa shape index (κ2) is 7.34. The van der Waals surface area contributed by atoms with Crippen molar-refractivity contribution in [1.82, 2.24) is 10.9 Å². The third-order valence-electron chi connectivity index (χ3n) is 2.91. The first-order chi connectivity index (χ1) is 10.9. The second-order valence-electron chi connectivity index (χ2n) is 4.42. The Bertz CT molecular complexity index is 767. The van der Waals surface area contributed by atoms with Crippen molar-refractivity contribution in [2.45, 2.75) is 0 Å². The van der Waals surface area contributed by atoms with Gasteiger partial charge in [0.25, 0.3) is 11.8 Å². The van der Waals surface area contributed by atoms with Gasteiger partial charge in [-0.15, -0.1) is 0 Å². The molecule has 120 valence electrons. The summed E-state index contributed by atoms with van der Waals surface area (Å²) < 4.78 is 5.53. The summed E-state index contributed by atoms with van der Waals surface area (Å²) in [6.45, 7) is 0. The molecular weight excluding hydrogens is 388 g/mol. The summed E-state index contributed by atoms with van der Waals surface area (Å²) in [7, 11) is 1.41. The van der Waals surface area contributed by atoms with E-state index in [2.05, 4.69) is 26.8 Å². The van der Waals surface area contributed by atoms with Gasteiger partial charge in [0, 0.05) is 10.6 Å². The molecule has 0 bridgehead atoms. The van der Waals surface area contributed by atoms with Gasteiger partial charge in [0.1, 0.15) is 11.5 Å². The van der Waals surface area contributed by atoms with Crippen LogP contribution < -0.4 is 15.6 Å². The zero-order valence-electron chi connectivity index (χ0n) is 11.9. The predicted molar refractivity (Wildman–Crippen MR) is 88.7 cm³/mol. The normalized spacial score (nSPS) is 10.0. The summed E-state index contributed by atoms with van der Waals surface area (Å²) in [5.41, 5.74) is 4.93. The maximum absolute atomic E-state index is 12.1. The first kappa shape index (κ1) is 17.1. The van der Waals surface area contributed by atoms with Crippen LogP contribution in [0.1, 0.15) is 20.7 Å². The van der Waals surface area contributed by atoms with Gasteiger partial charge in [0.15, 0.2) is 0 Å². The molecule has 6 nitrogen and oxygen atoms in total. The lowest BCUT2D eigenvalue weighted by Gasteiger charge is -2.11. The second-order valence-corrected chi connectivity index (χ2v) is 5.71. The first-order valence-corrected chi connectivity index (χ1v) is 7.52. The SMILES string of the molecule is COc1cc(Cl)ccc1C(=O)NNC(=O)c1ccc(Br)c(O)c1. The molecule has 2 aromatic carbocycles. The fourth-order valence-corrected chi connectivity index (χ4v) is 2.17. The molecule has 0 saturated heterocycles. The number of ether oxygens (including phenoxy) is 1. The Morgan fingerprint density at radius 3 is 2.48 bits per heavy atom. The highest BCUT2D eigenvalue weighted by Gasteiger charge is 2.14. The molecule has 0 saturated carbocycles. The van der Waals surface area contributed by atoms with Crippen molar-refractivity contribution < 1.29 is 19.4 Å². The van der Waals surface area contributed by atoms with Crippen molar-refractivity contribution in [2.24, 2.45) is 0 Å². The Labute approximate surface area is 145 Å². The lowest BCUT2D eigenvalue weighted by atomic mass is 10.2. The van der Waals surface area contributed by atoms with E-state index in [1.165, 1.54) is 43.5 Å². The van der Waals surface area contributed by atoms with E-state index in [1.54, 1.807) is 0 Å². The van der Waals surface area contributed by atoms with Crippen molar-refractivity contribution in [3.05, 3.63) is 57.0 Å². The molecule has 0 heterocycles. The van der Waals surface area contributed by atoms with Gasteiger partial charge in [-0.05, 0) is 52.3 Å². The molecule has 2 aromatic rings. The van der Waals surface area contributed by atoms with Gasteiger partial charge in [-0.1, -0.05) is 11.6 Å². The molecule has 0 unspecified atom stereocenters. The van der Waals surface area contributed by atoms with Gasteiger partial charge in [0.05, 0.1) is 17.1 Å². The van der Waals surface area contributed by atoms with Gasteiger partial charge in [-0.3, -0.25) is 20.4 Å². The topological polar surface area (TPSA) is 87.7 Å². The smallest absolute Gasteiger partial charge is 0.273 e. The van der Waals surface area contributed by atoms with Crippen LogP contribution in [0, 0.1) is 0 Å². The molecule has 0 aromatic heterocycles. The molecule has 3 N–H and O–H groups in total. The predicted octanol–water partition coefficient (Wildman–Crippen LogP) is 2.89. The van der Waals surface area contributed by atoms with Crippen molar-refractivity contribution >= 4 is 39.3 Å². The number of phenolic OH excluding ortho intramolecular Hbond substituents is 1. The van der Waals surface area contributed by atoms with Crippen LogP contribution >= 0.6 is 27.5 Å². The van der Waals surface area contributed by atoms with Gasteiger partial charge < -0.3 is 9.84 Å². The molecule has 2 rings (SSSR count). The van der Waals surface area contributed by atoms with E-state index in [1.807, 2.05) is 0 Å². The monoisotopic (exact) mass is 398 g/mol. The van der Waals surface area contributed by atoms with Crippen molar-refractivity contribution in [1.29, 1.82) is 0 Å². The fraction of sp³-hybridized carbons (Fsp3) is 0.0667. The van der Waals surface area contributed by atoms with Crippen LogP contribution in [-0.2, 0) is 0 Å². The number of nitrogens with one attached hydrogen (secondary N) is 2. The highest BCUT2D eigenvalue weighted by atomic mass is 79.9. The molecule has 0 spiro atoms. The number of halogens is 2. The standard InChI is InChI=1S/C15H12BrClN2O4/c1-23-13-7-9(17)3-4-10(13)15(22)19-18-14(21)8-2-5-11(16)12(20)6-8/h2-7,20H,1H3,(H,18,21)(H,19,22). The summed E-state index contributed by atoms with van der Waals surface area (Å²) in [6.07, 6.45) is 0. The Kier molecular flexibility index (Phi) is 5.46. The van der Waals surface area contributed by atoms with E-state index in [0.29, 0.717) is 9.50 Å². The molecule has 2 amide bonds. The molecule has 0 radical (unpaired) electrons. The summed E-state index contributed by atoms with van der Waals surface area (Å²) in [6, 6.07) is 8.80. The molecule has 23 heavy (non-hydrogen) atoms. The molecular formula is C15H12BrClN2O4. The number of benzene rings is 2.